The zero-order valence-corrected chi connectivity index (χ0v) is 11.9. The van der Waals surface area contributed by atoms with Crippen molar-refractivity contribution in [1.29, 1.82) is 0 Å². The summed E-state index contributed by atoms with van der Waals surface area (Å²) in [5.74, 6) is -0.144. The number of hydrogen-bond donors (Lipinski definition) is 2. The fourth-order valence-electron chi connectivity index (χ4n) is 1.25. The summed E-state index contributed by atoms with van der Waals surface area (Å²) in [5.41, 5.74) is 7.79. The minimum absolute atomic E-state index is 0.144. The minimum Gasteiger partial charge on any atom is -0.398 e. The van der Waals surface area contributed by atoms with Gasteiger partial charge in [-0.25, -0.2) is 0 Å². The number of benzene rings is 1. The molecule has 0 unspecified atom stereocenters. The Hall–Kier alpha value is -1.33. The molecule has 0 spiro atoms. The van der Waals surface area contributed by atoms with Gasteiger partial charge in [-0.1, -0.05) is 12.2 Å². The third kappa shape index (κ3) is 4.89. The van der Waals surface area contributed by atoms with Crippen molar-refractivity contribution in [1.82, 2.24) is 5.32 Å². The minimum atomic E-state index is -0.144. The summed E-state index contributed by atoms with van der Waals surface area (Å²) in [7, 11) is 0. The standard InChI is InChI=1S/C13H17BrN2O2/c1-9(2)8-18-6-5-16-13(17)10-3-4-12(15)11(14)7-10/h3-4,7H,1,5-6,8,15H2,2H3,(H,16,17). The van der Waals surface area contributed by atoms with Crippen molar-refractivity contribution >= 4 is 27.5 Å². The maximum absolute atomic E-state index is 11.8. The molecule has 98 valence electrons. The van der Waals surface area contributed by atoms with Crippen LogP contribution in [0.1, 0.15) is 17.3 Å². The van der Waals surface area contributed by atoms with E-state index in [4.69, 9.17) is 10.5 Å². The van der Waals surface area contributed by atoms with E-state index in [1.807, 2.05) is 6.92 Å². The molecule has 0 aromatic heterocycles. The van der Waals surface area contributed by atoms with Crippen molar-refractivity contribution in [3.63, 3.8) is 0 Å². The van der Waals surface area contributed by atoms with E-state index in [0.29, 0.717) is 35.5 Å². The number of anilines is 1. The molecule has 0 saturated carbocycles. The van der Waals surface area contributed by atoms with E-state index < -0.39 is 0 Å². The highest BCUT2D eigenvalue weighted by atomic mass is 79.9. The van der Waals surface area contributed by atoms with Crippen molar-refractivity contribution < 1.29 is 9.53 Å². The summed E-state index contributed by atoms with van der Waals surface area (Å²) < 4.78 is 6.00. The SMILES string of the molecule is C=C(C)COCCNC(=O)c1ccc(N)c(Br)c1. The smallest absolute Gasteiger partial charge is 0.251 e. The average molecular weight is 313 g/mol. The fourth-order valence-corrected chi connectivity index (χ4v) is 1.63. The molecule has 18 heavy (non-hydrogen) atoms. The van der Waals surface area contributed by atoms with Crippen LogP contribution in [0, 0.1) is 0 Å². The number of carbonyl (C=O) groups is 1. The van der Waals surface area contributed by atoms with Crippen LogP contribution >= 0.6 is 15.9 Å². The lowest BCUT2D eigenvalue weighted by Gasteiger charge is -2.07. The van der Waals surface area contributed by atoms with Crippen molar-refractivity contribution in [3.05, 3.63) is 40.4 Å². The van der Waals surface area contributed by atoms with Crippen molar-refractivity contribution in [2.24, 2.45) is 0 Å². The molecular weight excluding hydrogens is 296 g/mol. The van der Waals surface area contributed by atoms with E-state index in [0.717, 1.165) is 5.57 Å². The van der Waals surface area contributed by atoms with Crippen LogP contribution in [0.15, 0.2) is 34.8 Å². The zero-order valence-electron chi connectivity index (χ0n) is 10.3. The lowest BCUT2D eigenvalue weighted by Crippen LogP contribution is -2.27. The van der Waals surface area contributed by atoms with E-state index in [2.05, 4.69) is 27.8 Å². The number of rotatable bonds is 6. The first kappa shape index (κ1) is 14.7. The second-order valence-corrected chi connectivity index (χ2v) is 4.86. The van der Waals surface area contributed by atoms with Gasteiger partial charge in [-0.2, -0.15) is 0 Å². The molecule has 0 saturated heterocycles. The van der Waals surface area contributed by atoms with Crippen LogP contribution in [0.5, 0.6) is 0 Å². The highest BCUT2D eigenvalue weighted by Crippen LogP contribution is 2.20. The highest BCUT2D eigenvalue weighted by molar-refractivity contribution is 9.10. The molecule has 0 bridgehead atoms. The summed E-state index contributed by atoms with van der Waals surface area (Å²) >= 11 is 3.28. The van der Waals surface area contributed by atoms with Gasteiger partial charge < -0.3 is 15.8 Å². The fraction of sp³-hybridized carbons (Fsp3) is 0.308. The lowest BCUT2D eigenvalue weighted by atomic mass is 10.2. The number of hydrogen-bond acceptors (Lipinski definition) is 3. The first-order valence-corrected chi connectivity index (χ1v) is 6.35. The van der Waals surface area contributed by atoms with Crippen LogP contribution in [0.25, 0.3) is 0 Å². The first-order chi connectivity index (χ1) is 8.50. The normalized spacial score (nSPS) is 10.1. The second-order valence-electron chi connectivity index (χ2n) is 4.00. The number of nitrogen functional groups attached to an aromatic ring is 1. The van der Waals surface area contributed by atoms with Crippen LogP contribution in [0.3, 0.4) is 0 Å². The van der Waals surface area contributed by atoms with Gasteiger partial charge in [0.1, 0.15) is 0 Å². The number of amides is 1. The topological polar surface area (TPSA) is 64.3 Å². The monoisotopic (exact) mass is 312 g/mol. The Balaban J connectivity index is 2.36. The first-order valence-electron chi connectivity index (χ1n) is 5.56. The van der Waals surface area contributed by atoms with Crippen LogP contribution in [0.4, 0.5) is 5.69 Å². The summed E-state index contributed by atoms with van der Waals surface area (Å²) in [4.78, 5) is 11.8. The molecule has 0 aliphatic heterocycles. The van der Waals surface area contributed by atoms with Crippen LogP contribution < -0.4 is 11.1 Å². The van der Waals surface area contributed by atoms with Crippen molar-refractivity contribution in [2.45, 2.75) is 6.92 Å². The van der Waals surface area contributed by atoms with E-state index in [1.54, 1.807) is 18.2 Å². The molecule has 1 aromatic rings. The second kappa shape index (κ2) is 7.18. The van der Waals surface area contributed by atoms with Crippen molar-refractivity contribution in [2.75, 3.05) is 25.5 Å². The number of nitrogens with one attached hydrogen (secondary N) is 1. The van der Waals surface area contributed by atoms with Gasteiger partial charge in [0.05, 0.1) is 13.2 Å². The molecule has 0 radical (unpaired) electrons. The van der Waals surface area contributed by atoms with Gasteiger partial charge in [-0.15, -0.1) is 0 Å². The van der Waals surface area contributed by atoms with Gasteiger partial charge in [0.25, 0.3) is 5.91 Å². The van der Waals surface area contributed by atoms with Gasteiger partial charge in [-0.3, -0.25) is 4.79 Å². The van der Waals surface area contributed by atoms with Gasteiger partial charge >= 0.3 is 0 Å². The molecule has 3 N–H and O–H groups in total. The van der Waals surface area contributed by atoms with Gasteiger partial charge in [0.2, 0.25) is 0 Å². The lowest BCUT2D eigenvalue weighted by molar-refractivity contribution is 0.0927. The van der Waals surface area contributed by atoms with Crippen LogP contribution in [-0.4, -0.2) is 25.7 Å². The van der Waals surface area contributed by atoms with Crippen LogP contribution in [0.2, 0.25) is 0 Å². The molecule has 1 amide bonds. The zero-order chi connectivity index (χ0) is 13.5. The summed E-state index contributed by atoms with van der Waals surface area (Å²) in [6, 6.07) is 5.07. The maximum Gasteiger partial charge on any atom is 0.251 e. The number of carbonyl (C=O) groups excluding carboxylic acids is 1. The Morgan fingerprint density at radius 1 is 1.56 bits per heavy atom. The van der Waals surface area contributed by atoms with E-state index in [9.17, 15) is 4.79 Å². The molecule has 1 aromatic carbocycles. The molecule has 0 fully saturated rings. The number of halogens is 1. The molecule has 0 heterocycles. The predicted molar refractivity (Wildman–Crippen MR) is 76.5 cm³/mol. The van der Waals surface area contributed by atoms with Gasteiger partial charge in [0, 0.05) is 22.3 Å². The third-order valence-corrected chi connectivity index (χ3v) is 2.83. The Morgan fingerprint density at radius 3 is 2.89 bits per heavy atom. The summed E-state index contributed by atoms with van der Waals surface area (Å²) in [5, 5.41) is 2.76. The highest BCUT2D eigenvalue weighted by Gasteiger charge is 2.06. The molecule has 1 rings (SSSR count). The maximum atomic E-state index is 11.8. The third-order valence-electron chi connectivity index (χ3n) is 2.14. The molecule has 0 atom stereocenters. The molecule has 5 heteroatoms. The van der Waals surface area contributed by atoms with E-state index in [-0.39, 0.29) is 5.91 Å². The quantitative estimate of drug-likeness (QED) is 0.481. The van der Waals surface area contributed by atoms with Crippen molar-refractivity contribution in [3.8, 4) is 0 Å². The molecular formula is C13H17BrN2O2. The largest absolute Gasteiger partial charge is 0.398 e. The number of ether oxygens (including phenoxy) is 1. The summed E-state index contributed by atoms with van der Waals surface area (Å²) in [6.07, 6.45) is 0. The number of nitrogens with two attached hydrogens (primary N) is 1. The van der Waals surface area contributed by atoms with E-state index in [1.165, 1.54) is 0 Å². The predicted octanol–water partition coefficient (Wildman–Crippen LogP) is 2.35. The Bertz CT molecular complexity index is 447. The Kier molecular flexibility index (Phi) is 5.88. The Labute approximate surface area is 115 Å². The Morgan fingerprint density at radius 2 is 2.28 bits per heavy atom. The average Bonchev–Trinajstić information content (AvgIpc) is 2.31. The molecule has 0 aliphatic carbocycles. The molecule has 0 aliphatic rings. The van der Waals surface area contributed by atoms with Crippen LogP contribution in [-0.2, 0) is 4.74 Å². The summed E-state index contributed by atoms with van der Waals surface area (Å²) in [6.45, 7) is 7.07. The van der Waals surface area contributed by atoms with Gasteiger partial charge in [-0.05, 0) is 41.1 Å². The van der Waals surface area contributed by atoms with Gasteiger partial charge in [0.15, 0.2) is 0 Å². The van der Waals surface area contributed by atoms with E-state index >= 15 is 0 Å². The molecule has 4 nitrogen and oxygen atoms in total.